The van der Waals surface area contributed by atoms with Gasteiger partial charge < -0.3 is 35.6 Å². The average Bonchev–Trinajstić information content (AvgIpc) is 2.46. The second-order valence-corrected chi connectivity index (χ2v) is 7.18. The van der Waals surface area contributed by atoms with E-state index in [0.717, 1.165) is 0 Å². The van der Waals surface area contributed by atoms with Crippen LogP contribution in [0.25, 0.3) is 0 Å². The Labute approximate surface area is 140 Å². The fourth-order valence-electron chi connectivity index (χ4n) is 2.73. The van der Waals surface area contributed by atoms with Gasteiger partial charge in [-0.15, -0.1) is 0 Å². The Kier molecular flexibility index (Phi) is 6.48. The predicted octanol–water partition coefficient (Wildman–Crippen LogP) is -2.34. The lowest BCUT2D eigenvalue weighted by Crippen LogP contribution is -2.68. The molecule has 0 spiro atoms. The van der Waals surface area contributed by atoms with Crippen LogP contribution in [-0.2, 0) is 14.3 Å². The van der Waals surface area contributed by atoms with Crippen molar-refractivity contribution in [2.24, 2.45) is 5.41 Å². The van der Waals surface area contributed by atoms with E-state index in [1.807, 2.05) is 0 Å². The normalized spacial score (nSPS) is 33.6. The molecule has 1 amide bonds. The standard InChI is InChI=1S/C15H27NO8/c1-7(18)16-10-8(19)5-15(23,13(22)14(2,3)4)24-12(10)11(21)9(20)6-17/h8-12,17,19-21,23H,5-6H2,1-4H3,(H,16,18)/t8-,9+,10+,11+,12+,15-/m0/s1. The molecule has 0 aliphatic carbocycles. The molecular weight excluding hydrogens is 322 g/mol. The van der Waals surface area contributed by atoms with Crippen molar-refractivity contribution in [2.75, 3.05) is 6.61 Å². The second kappa shape index (κ2) is 7.42. The molecule has 1 saturated heterocycles. The number of ether oxygens (including phenoxy) is 1. The van der Waals surface area contributed by atoms with Crippen LogP contribution in [0.1, 0.15) is 34.1 Å². The van der Waals surface area contributed by atoms with Crippen molar-refractivity contribution in [1.29, 1.82) is 0 Å². The van der Waals surface area contributed by atoms with Gasteiger partial charge in [0.25, 0.3) is 0 Å². The highest BCUT2D eigenvalue weighted by Gasteiger charge is 2.55. The number of Topliss-reactive ketones (excluding diaryl/α,β-unsaturated/α-hetero) is 1. The Morgan fingerprint density at radius 1 is 1.33 bits per heavy atom. The van der Waals surface area contributed by atoms with Crippen LogP contribution >= 0.6 is 0 Å². The van der Waals surface area contributed by atoms with E-state index in [4.69, 9.17) is 9.84 Å². The number of hydrogen-bond acceptors (Lipinski definition) is 8. The summed E-state index contributed by atoms with van der Waals surface area (Å²) in [5.74, 6) is -3.65. The lowest BCUT2D eigenvalue weighted by molar-refractivity contribution is -0.289. The highest BCUT2D eigenvalue weighted by Crippen LogP contribution is 2.35. The summed E-state index contributed by atoms with van der Waals surface area (Å²) >= 11 is 0. The monoisotopic (exact) mass is 349 g/mol. The SMILES string of the molecule is CC(=O)N[C@H]1[C@H]([C@H](O)[C@H](O)CO)O[C@](O)(C(=O)C(C)(C)C)C[C@@H]1O. The average molecular weight is 349 g/mol. The number of carbonyl (C=O) groups excluding carboxylic acids is 2. The number of aliphatic hydroxyl groups excluding tert-OH is 4. The molecule has 0 aromatic rings. The lowest BCUT2D eigenvalue weighted by atomic mass is 9.80. The van der Waals surface area contributed by atoms with Gasteiger partial charge in [-0.25, -0.2) is 0 Å². The van der Waals surface area contributed by atoms with Gasteiger partial charge in [0, 0.05) is 18.8 Å². The molecule has 0 unspecified atom stereocenters. The van der Waals surface area contributed by atoms with E-state index in [0.29, 0.717) is 0 Å². The number of hydrogen-bond donors (Lipinski definition) is 6. The summed E-state index contributed by atoms with van der Waals surface area (Å²) in [4.78, 5) is 23.8. The molecule has 1 aliphatic heterocycles. The van der Waals surface area contributed by atoms with Gasteiger partial charge in [-0.1, -0.05) is 20.8 Å². The predicted molar refractivity (Wildman–Crippen MR) is 81.6 cm³/mol. The molecule has 140 valence electrons. The Morgan fingerprint density at radius 2 is 1.88 bits per heavy atom. The van der Waals surface area contributed by atoms with Gasteiger partial charge in [0.2, 0.25) is 11.7 Å². The van der Waals surface area contributed by atoms with Crippen molar-refractivity contribution < 1.29 is 39.9 Å². The minimum atomic E-state index is -2.40. The number of ketones is 1. The molecular formula is C15H27NO8. The fourth-order valence-corrected chi connectivity index (χ4v) is 2.73. The van der Waals surface area contributed by atoms with Gasteiger partial charge in [-0.2, -0.15) is 0 Å². The summed E-state index contributed by atoms with van der Waals surface area (Å²) in [7, 11) is 0. The molecule has 0 radical (unpaired) electrons. The van der Waals surface area contributed by atoms with Crippen LogP contribution in [0.5, 0.6) is 0 Å². The summed E-state index contributed by atoms with van der Waals surface area (Å²) < 4.78 is 5.34. The second-order valence-electron chi connectivity index (χ2n) is 7.18. The number of aliphatic hydroxyl groups is 5. The van der Waals surface area contributed by atoms with Crippen molar-refractivity contribution in [3.8, 4) is 0 Å². The maximum atomic E-state index is 12.5. The van der Waals surface area contributed by atoms with Crippen molar-refractivity contribution in [3.05, 3.63) is 0 Å². The smallest absolute Gasteiger partial charge is 0.230 e. The molecule has 1 heterocycles. The summed E-state index contributed by atoms with van der Waals surface area (Å²) in [5, 5.41) is 52.0. The fraction of sp³-hybridized carbons (Fsp3) is 0.867. The van der Waals surface area contributed by atoms with Gasteiger partial charge in [0.1, 0.15) is 18.3 Å². The van der Waals surface area contributed by atoms with E-state index >= 15 is 0 Å². The summed E-state index contributed by atoms with van der Waals surface area (Å²) in [6.45, 7) is 5.03. The Balaban J connectivity index is 3.19. The lowest BCUT2D eigenvalue weighted by Gasteiger charge is -2.47. The summed E-state index contributed by atoms with van der Waals surface area (Å²) in [5.41, 5.74) is -1.000. The molecule has 6 atom stereocenters. The Hall–Kier alpha value is -1.10. The first kappa shape index (κ1) is 20.9. The van der Waals surface area contributed by atoms with Crippen molar-refractivity contribution in [3.63, 3.8) is 0 Å². The van der Waals surface area contributed by atoms with Crippen LogP contribution < -0.4 is 5.32 Å². The zero-order valence-corrected chi connectivity index (χ0v) is 14.3. The van der Waals surface area contributed by atoms with Crippen LogP contribution in [0.2, 0.25) is 0 Å². The van der Waals surface area contributed by atoms with Crippen LogP contribution in [0.3, 0.4) is 0 Å². The maximum absolute atomic E-state index is 12.5. The third kappa shape index (κ3) is 4.50. The molecule has 24 heavy (non-hydrogen) atoms. The van der Waals surface area contributed by atoms with Crippen LogP contribution in [0.15, 0.2) is 0 Å². The van der Waals surface area contributed by atoms with Crippen molar-refractivity contribution in [2.45, 2.75) is 70.4 Å². The van der Waals surface area contributed by atoms with E-state index < -0.39 is 66.4 Å². The molecule has 6 N–H and O–H groups in total. The quantitative estimate of drug-likeness (QED) is 0.322. The minimum Gasteiger partial charge on any atom is -0.394 e. The highest BCUT2D eigenvalue weighted by atomic mass is 16.6. The minimum absolute atomic E-state index is 0.507. The molecule has 0 bridgehead atoms. The van der Waals surface area contributed by atoms with Gasteiger partial charge in [0.15, 0.2) is 5.78 Å². The summed E-state index contributed by atoms with van der Waals surface area (Å²) in [6, 6.07) is -1.17. The largest absolute Gasteiger partial charge is 0.394 e. The van der Waals surface area contributed by atoms with E-state index in [1.54, 1.807) is 20.8 Å². The van der Waals surface area contributed by atoms with Gasteiger partial charge in [-0.3, -0.25) is 9.59 Å². The zero-order chi connectivity index (χ0) is 18.9. The first-order chi connectivity index (χ1) is 10.8. The Bertz CT molecular complexity index is 477. The van der Waals surface area contributed by atoms with E-state index in [9.17, 15) is 30.0 Å². The topological polar surface area (TPSA) is 157 Å². The van der Waals surface area contributed by atoms with Gasteiger partial charge in [-0.05, 0) is 0 Å². The number of nitrogens with one attached hydrogen (secondary N) is 1. The number of rotatable bonds is 5. The van der Waals surface area contributed by atoms with Crippen LogP contribution in [0.4, 0.5) is 0 Å². The van der Waals surface area contributed by atoms with E-state index in [2.05, 4.69) is 5.32 Å². The molecule has 0 aromatic heterocycles. The molecule has 1 aliphatic rings. The zero-order valence-electron chi connectivity index (χ0n) is 14.3. The molecule has 9 nitrogen and oxygen atoms in total. The molecule has 1 rings (SSSR count). The molecule has 1 fully saturated rings. The van der Waals surface area contributed by atoms with Crippen molar-refractivity contribution in [1.82, 2.24) is 5.32 Å². The summed E-state index contributed by atoms with van der Waals surface area (Å²) in [6.07, 6.45) is -6.82. The van der Waals surface area contributed by atoms with Gasteiger partial charge >= 0.3 is 0 Å². The van der Waals surface area contributed by atoms with E-state index in [1.165, 1.54) is 6.92 Å². The third-order valence-electron chi connectivity index (χ3n) is 3.91. The van der Waals surface area contributed by atoms with E-state index in [-0.39, 0.29) is 0 Å². The van der Waals surface area contributed by atoms with Crippen LogP contribution in [-0.4, -0.2) is 80.1 Å². The molecule has 9 heteroatoms. The van der Waals surface area contributed by atoms with Crippen LogP contribution in [0, 0.1) is 5.41 Å². The number of carbonyl (C=O) groups is 2. The highest BCUT2D eigenvalue weighted by molar-refractivity contribution is 5.90. The first-order valence-electron chi connectivity index (χ1n) is 7.70. The maximum Gasteiger partial charge on any atom is 0.230 e. The first-order valence-corrected chi connectivity index (χ1v) is 7.70. The molecule has 0 aromatic carbocycles. The third-order valence-corrected chi connectivity index (χ3v) is 3.91. The van der Waals surface area contributed by atoms with Crippen molar-refractivity contribution >= 4 is 11.7 Å². The molecule has 0 saturated carbocycles. The number of amides is 1. The van der Waals surface area contributed by atoms with Gasteiger partial charge in [0.05, 0.1) is 18.8 Å². The Morgan fingerprint density at radius 3 is 2.29 bits per heavy atom.